The zero-order valence-electron chi connectivity index (χ0n) is 11.2. The van der Waals surface area contributed by atoms with Crippen molar-refractivity contribution in [1.82, 2.24) is 10.2 Å². The van der Waals surface area contributed by atoms with E-state index in [1.165, 1.54) is 13.2 Å². The van der Waals surface area contributed by atoms with Crippen molar-refractivity contribution in [3.8, 4) is 6.07 Å². The molecule has 0 aromatic carbocycles. The molecule has 1 heterocycles. The number of ether oxygens (including phenoxy) is 1. The average Bonchev–Trinajstić information content (AvgIpc) is 2.46. The molecule has 1 aromatic heterocycles. The first-order chi connectivity index (χ1) is 10.1. The normalized spacial score (nSPS) is 14.2. The van der Waals surface area contributed by atoms with Gasteiger partial charge in [0.25, 0.3) is 5.91 Å². The molecule has 1 aromatic rings. The van der Waals surface area contributed by atoms with Crippen molar-refractivity contribution in [2.75, 3.05) is 12.4 Å². The molecule has 0 radical (unpaired) electrons. The van der Waals surface area contributed by atoms with E-state index in [9.17, 15) is 4.79 Å². The Morgan fingerprint density at radius 3 is 2.95 bits per heavy atom. The molecule has 0 saturated heterocycles. The number of nitriles is 1. The molecule has 7 nitrogen and oxygen atoms in total. The topological polar surface area (TPSA) is 114 Å². The molecule has 0 fully saturated rings. The van der Waals surface area contributed by atoms with Gasteiger partial charge in [-0.2, -0.15) is 5.26 Å². The van der Waals surface area contributed by atoms with Crippen LogP contribution in [0.15, 0.2) is 29.2 Å². The zero-order valence-corrected chi connectivity index (χ0v) is 11.9. The minimum atomic E-state index is -0.735. The summed E-state index contributed by atoms with van der Waals surface area (Å²) in [5.74, 6) is -0.311. The maximum Gasteiger partial charge on any atom is 0.271 e. The molecule has 1 aliphatic carbocycles. The molecule has 0 aliphatic heterocycles. The fraction of sp³-hybridized carbons (Fsp3) is 0.231. The number of carbonyl (C=O) groups excluding carboxylic acids is 1. The Morgan fingerprint density at radius 1 is 1.57 bits per heavy atom. The van der Waals surface area contributed by atoms with Crippen LogP contribution in [0.1, 0.15) is 23.3 Å². The molecule has 21 heavy (non-hydrogen) atoms. The first-order valence-corrected chi connectivity index (χ1v) is 6.42. The minimum Gasteiger partial charge on any atom is -0.494 e. The van der Waals surface area contributed by atoms with Crippen molar-refractivity contribution in [2.45, 2.75) is 12.8 Å². The Hall–Kier alpha value is -2.59. The molecule has 0 spiro atoms. The van der Waals surface area contributed by atoms with E-state index in [0.717, 1.165) is 0 Å². The minimum absolute atomic E-state index is 0.0418. The van der Waals surface area contributed by atoms with Crippen molar-refractivity contribution in [1.29, 1.82) is 5.26 Å². The standard InChI is InChI=1S/C13H12ClN5O2/c1-21-12-7(6-15)3-2-4-8(12)17-9-5-10(14)18-19-11(9)13(16)20/h4-5H,2-3H2,1H3,(H2,16,20)(H,17,18). The number of primary amides is 1. The van der Waals surface area contributed by atoms with Crippen molar-refractivity contribution in [3.63, 3.8) is 0 Å². The largest absolute Gasteiger partial charge is 0.494 e. The highest BCUT2D eigenvalue weighted by atomic mass is 35.5. The molecule has 3 N–H and O–H groups in total. The molecule has 1 aliphatic rings. The maximum absolute atomic E-state index is 11.4. The summed E-state index contributed by atoms with van der Waals surface area (Å²) in [4.78, 5) is 11.4. The van der Waals surface area contributed by atoms with Crippen molar-refractivity contribution in [2.24, 2.45) is 5.73 Å². The highest BCUT2D eigenvalue weighted by Crippen LogP contribution is 2.28. The van der Waals surface area contributed by atoms with Crippen molar-refractivity contribution < 1.29 is 9.53 Å². The summed E-state index contributed by atoms with van der Waals surface area (Å²) in [6.07, 6.45) is 3.14. The molecule has 0 unspecified atom stereocenters. The van der Waals surface area contributed by atoms with Gasteiger partial charge >= 0.3 is 0 Å². The third-order valence-corrected chi connectivity index (χ3v) is 3.05. The second-order valence-electron chi connectivity index (χ2n) is 4.20. The second kappa shape index (κ2) is 6.24. The summed E-state index contributed by atoms with van der Waals surface area (Å²) in [7, 11) is 1.47. The van der Waals surface area contributed by atoms with Gasteiger partial charge < -0.3 is 15.8 Å². The van der Waals surface area contributed by atoms with E-state index in [-0.39, 0.29) is 10.8 Å². The van der Waals surface area contributed by atoms with E-state index in [2.05, 4.69) is 21.6 Å². The Labute approximate surface area is 126 Å². The monoisotopic (exact) mass is 305 g/mol. The van der Waals surface area contributed by atoms with Gasteiger partial charge in [0.2, 0.25) is 0 Å². The van der Waals surface area contributed by atoms with E-state index in [0.29, 0.717) is 35.6 Å². The number of hydrogen-bond donors (Lipinski definition) is 2. The Kier molecular flexibility index (Phi) is 4.40. The van der Waals surface area contributed by atoms with Gasteiger partial charge in [0.1, 0.15) is 0 Å². The summed E-state index contributed by atoms with van der Waals surface area (Å²) in [6, 6.07) is 3.53. The van der Waals surface area contributed by atoms with Gasteiger partial charge in [-0.25, -0.2) is 0 Å². The van der Waals surface area contributed by atoms with Gasteiger partial charge in [0, 0.05) is 6.07 Å². The number of allylic oxidation sites excluding steroid dienone is 2. The Bertz CT molecular complexity index is 690. The highest BCUT2D eigenvalue weighted by molar-refractivity contribution is 6.29. The lowest BCUT2D eigenvalue weighted by Gasteiger charge is -2.19. The van der Waals surface area contributed by atoms with Crippen molar-refractivity contribution in [3.05, 3.63) is 40.0 Å². The van der Waals surface area contributed by atoms with Crippen LogP contribution in [-0.4, -0.2) is 23.2 Å². The van der Waals surface area contributed by atoms with Crippen LogP contribution < -0.4 is 11.1 Å². The number of nitrogens with one attached hydrogen (secondary N) is 1. The lowest BCUT2D eigenvalue weighted by atomic mass is 10.0. The van der Waals surface area contributed by atoms with E-state index >= 15 is 0 Å². The van der Waals surface area contributed by atoms with Gasteiger partial charge in [-0.1, -0.05) is 17.7 Å². The zero-order chi connectivity index (χ0) is 15.4. The summed E-state index contributed by atoms with van der Waals surface area (Å²) in [5.41, 5.74) is 6.60. The first-order valence-electron chi connectivity index (χ1n) is 6.04. The fourth-order valence-corrected chi connectivity index (χ4v) is 2.11. The van der Waals surface area contributed by atoms with Gasteiger partial charge in [-0.3, -0.25) is 4.79 Å². The molecule has 0 atom stereocenters. The molecular formula is C13H12ClN5O2. The lowest BCUT2D eigenvalue weighted by Crippen LogP contribution is -2.18. The molecule has 8 heteroatoms. The van der Waals surface area contributed by atoms with E-state index < -0.39 is 5.91 Å². The maximum atomic E-state index is 11.4. The van der Waals surface area contributed by atoms with E-state index in [4.69, 9.17) is 27.3 Å². The summed E-state index contributed by atoms with van der Waals surface area (Å²) in [6.45, 7) is 0. The summed E-state index contributed by atoms with van der Waals surface area (Å²) in [5, 5.41) is 19.4. The summed E-state index contributed by atoms with van der Waals surface area (Å²) >= 11 is 5.78. The smallest absolute Gasteiger partial charge is 0.271 e. The van der Waals surface area contributed by atoms with Gasteiger partial charge in [-0.05, 0) is 12.8 Å². The fourth-order valence-electron chi connectivity index (χ4n) is 1.97. The number of carbonyl (C=O) groups is 1. The highest BCUT2D eigenvalue weighted by Gasteiger charge is 2.20. The van der Waals surface area contributed by atoms with Gasteiger partial charge in [0.15, 0.2) is 16.6 Å². The number of methoxy groups -OCH3 is 1. The molecule has 108 valence electrons. The van der Waals surface area contributed by atoms with Gasteiger partial charge in [0.05, 0.1) is 30.1 Å². The second-order valence-corrected chi connectivity index (χ2v) is 4.59. The number of aromatic nitrogens is 2. The van der Waals surface area contributed by atoms with Crippen LogP contribution >= 0.6 is 11.6 Å². The Balaban J connectivity index is 2.41. The van der Waals surface area contributed by atoms with Crippen LogP contribution in [0.4, 0.5) is 5.69 Å². The van der Waals surface area contributed by atoms with Crippen LogP contribution in [-0.2, 0) is 4.74 Å². The number of halogens is 1. The number of rotatable bonds is 4. The van der Waals surface area contributed by atoms with Crippen LogP contribution in [0, 0.1) is 11.3 Å². The quantitative estimate of drug-likeness (QED) is 0.875. The third kappa shape index (κ3) is 3.12. The third-order valence-electron chi connectivity index (χ3n) is 2.87. The predicted molar refractivity (Wildman–Crippen MR) is 76.1 cm³/mol. The average molecular weight is 306 g/mol. The lowest BCUT2D eigenvalue weighted by molar-refractivity contribution is 0.0995. The number of nitrogens with two attached hydrogens (primary N) is 1. The van der Waals surface area contributed by atoms with Crippen LogP contribution in [0.25, 0.3) is 0 Å². The number of anilines is 1. The molecule has 2 rings (SSSR count). The van der Waals surface area contributed by atoms with E-state index in [1.807, 2.05) is 6.08 Å². The van der Waals surface area contributed by atoms with Crippen LogP contribution in [0.3, 0.4) is 0 Å². The molecule has 1 amide bonds. The van der Waals surface area contributed by atoms with Gasteiger partial charge in [-0.15, -0.1) is 10.2 Å². The predicted octanol–water partition coefficient (Wildman–Crippen LogP) is 1.74. The molecule has 0 bridgehead atoms. The van der Waals surface area contributed by atoms with E-state index in [1.54, 1.807) is 0 Å². The SMILES string of the molecule is COC1=C(C#N)CCC=C1Nc1cc(Cl)nnc1C(N)=O. The first kappa shape index (κ1) is 14.8. The number of amides is 1. The van der Waals surface area contributed by atoms with Crippen molar-refractivity contribution >= 4 is 23.2 Å². The van der Waals surface area contributed by atoms with Crippen LogP contribution in [0.2, 0.25) is 5.15 Å². The summed E-state index contributed by atoms with van der Waals surface area (Å²) < 4.78 is 5.25. The van der Waals surface area contributed by atoms with Crippen LogP contribution in [0.5, 0.6) is 0 Å². The number of nitrogens with zero attached hydrogens (tertiary/aromatic N) is 3. The molecule has 0 saturated carbocycles. The Morgan fingerprint density at radius 2 is 2.33 bits per heavy atom. The molecular weight excluding hydrogens is 294 g/mol. The number of hydrogen-bond acceptors (Lipinski definition) is 6.